The number of urea groups is 1. The van der Waals surface area contributed by atoms with Crippen molar-refractivity contribution in [3.8, 4) is 0 Å². The highest BCUT2D eigenvalue weighted by molar-refractivity contribution is 7.80. The standard InChI is InChI=1S/C10H19N3OS/c1-8(7-9(11)15)12-10(14)13-5-3-2-4-6-13/h8H,2-7H2,1H3,(H2,11,15)(H,12,14). The van der Waals surface area contributed by atoms with Gasteiger partial charge >= 0.3 is 6.03 Å². The normalized spacial score (nSPS) is 18.3. The fourth-order valence-corrected chi connectivity index (χ4v) is 2.00. The number of likely N-dealkylation sites (tertiary alicyclic amines) is 1. The zero-order valence-electron chi connectivity index (χ0n) is 9.16. The van der Waals surface area contributed by atoms with Crippen LogP contribution < -0.4 is 11.1 Å². The molecule has 2 amide bonds. The molecular weight excluding hydrogens is 210 g/mol. The number of thiocarbonyl (C=S) groups is 1. The smallest absolute Gasteiger partial charge is 0.317 e. The van der Waals surface area contributed by atoms with E-state index in [4.69, 9.17) is 18.0 Å². The quantitative estimate of drug-likeness (QED) is 0.716. The summed E-state index contributed by atoms with van der Waals surface area (Å²) < 4.78 is 0. The van der Waals surface area contributed by atoms with Crippen molar-refractivity contribution in [1.29, 1.82) is 0 Å². The summed E-state index contributed by atoms with van der Waals surface area (Å²) >= 11 is 4.79. The van der Waals surface area contributed by atoms with Crippen molar-refractivity contribution in [2.75, 3.05) is 13.1 Å². The van der Waals surface area contributed by atoms with E-state index in [1.807, 2.05) is 11.8 Å². The van der Waals surface area contributed by atoms with Crippen LogP contribution in [0, 0.1) is 0 Å². The van der Waals surface area contributed by atoms with Crippen molar-refractivity contribution in [2.24, 2.45) is 5.73 Å². The van der Waals surface area contributed by atoms with Gasteiger partial charge in [0.15, 0.2) is 0 Å². The first-order chi connectivity index (χ1) is 7.09. The molecule has 0 spiro atoms. The van der Waals surface area contributed by atoms with Crippen LogP contribution in [0.15, 0.2) is 0 Å². The molecular formula is C10H19N3OS. The molecule has 1 heterocycles. The highest BCUT2D eigenvalue weighted by Crippen LogP contribution is 2.08. The van der Waals surface area contributed by atoms with Crippen LogP contribution in [0.2, 0.25) is 0 Å². The molecule has 0 saturated carbocycles. The maximum Gasteiger partial charge on any atom is 0.317 e. The fourth-order valence-electron chi connectivity index (χ4n) is 1.75. The van der Waals surface area contributed by atoms with E-state index in [9.17, 15) is 4.79 Å². The molecule has 3 N–H and O–H groups in total. The summed E-state index contributed by atoms with van der Waals surface area (Å²) in [5.41, 5.74) is 5.41. The molecule has 86 valence electrons. The number of nitrogens with two attached hydrogens (primary N) is 1. The lowest BCUT2D eigenvalue weighted by Gasteiger charge is -2.28. The van der Waals surface area contributed by atoms with Gasteiger partial charge in [-0.3, -0.25) is 0 Å². The van der Waals surface area contributed by atoms with E-state index in [2.05, 4.69) is 5.32 Å². The molecule has 1 fully saturated rings. The summed E-state index contributed by atoms with van der Waals surface area (Å²) in [4.78, 5) is 14.0. The summed E-state index contributed by atoms with van der Waals surface area (Å²) in [6.45, 7) is 3.65. The molecule has 0 aromatic rings. The Kier molecular flexibility index (Phi) is 4.81. The van der Waals surface area contributed by atoms with Gasteiger partial charge in [0.05, 0.1) is 4.99 Å². The maximum absolute atomic E-state index is 11.7. The number of hydrogen-bond donors (Lipinski definition) is 2. The third-order valence-electron chi connectivity index (χ3n) is 2.52. The number of piperidine rings is 1. The Balaban J connectivity index is 2.30. The Labute approximate surface area is 96.2 Å². The number of nitrogens with zero attached hydrogens (tertiary/aromatic N) is 1. The van der Waals surface area contributed by atoms with E-state index in [-0.39, 0.29) is 12.1 Å². The van der Waals surface area contributed by atoms with Crippen LogP contribution >= 0.6 is 12.2 Å². The van der Waals surface area contributed by atoms with Gasteiger partial charge in [-0.05, 0) is 26.2 Å². The molecule has 1 unspecified atom stereocenters. The molecule has 4 nitrogen and oxygen atoms in total. The first-order valence-corrected chi connectivity index (χ1v) is 5.84. The average molecular weight is 229 g/mol. The minimum Gasteiger partial charge on any atom is -0.393 e. The van der Waals surface area contributed by atoms with E-state index in [1.54, 1.807) is 0 Å². The van der Waals surface area contributed by atoms with Gasteiger partial charge in [-0.25, -0.2) is 4.79 Å². The maximum atomic E-state index is 11.7. The van der Waals surface area contributed by atoms with Gasteiger partial charge in [-0.15, -0.1) is 0 Å². The Morgan fingerprint density at radius 2 is 2.07 bits per heavy atom. The summed E-state index contributed by atoms with van der Waals surface area (Å²) in [6.07, 6.45) is 4.01. The van der Waals surface area contributed by atoms with Gasteiger partial charge in [0.1, 0.15) is 0 Å². The first kappa shape index (κ1) is 12.2. The number of hydrogen-bond acceptors (Lipinski definition) is 2. The predicted octanol–water partition coefficient (Wildman–Crippen LogP) is 1.25. The zero-order valence-corrected chi connectivity index (χ0v) is 9.98. The van der Waals surface area contributed by atoms with Crippen molar-refractivity contribution < 1.29 is 4.79 Å². The van der Waals surface area contributed by atoms with E-state index in [1.165, 1.54) is 6.42 Å². The highest BCUT2D eigenvalue weighted by atomic mass is 32.1. The van der Waals surface area contributed by atoms with Crippen LogP contribution in [0.5, 0.6) is 0 Å². The third kappa shape index (κ3) is 4.46. The minimum atomic E-state index is 0.0125. The largest absolute Gasteiger partial charge is 0.393 e. The van der Waals surface area contributed by atoms with Gasteiger partial charge in [0.25, 0.3) is 0 Å². The van der Waals surface area contributed by atoms with Crippen molar-refractivity contribution in [2.45, 2.75) is 38.6 Å². The zero-order chi connectivity index (χ0) is 11.3. The third-order valence-corrected chi connectivity index (χ3v) is 2.69. The number of carbonyl (C=O) groups excluding carboxylic acids is 1. The van der Waals surface area contributed by atoms with Gasteiger partial charge in [-0.2, -0.15) is 0 Å². The van der Waals surface area contributed by atoms with E-state index < -0.39 is 0 Å². The van der Waals surface area contributed by atoms with Gasteiger partial charge in [0.2, 0.25) is 0 Å². The average Bonchev–Trinajstić information content (AvgIpc) is 2.17. The molecule has 1 aliphatic heterocycles. The number of carbonyl (C=O) groups is 1. The number of rotatable bonds is 3. The molecule has 1 saturated heterocycles. The van der Waals surface area contributed by atoms with Gasteiger partial charge in [-0.1, -0.05) is 12.2 Å². The Morgan fingerprint density at radius 3 is 2.60 bits per heavy atom. The summed E-state index contributed by atoms with van der Waals surface area (Å²) in [5.74, 6) is 0. The molecule has 1 rings (SSSR count). The first-order valence-electron chi connectivity index (χ1n) is 5.43. The lowest BCUT2D eigenvalue weighted by atomic mass is 10.1. The Morgan fingerprint density at radius 1 is 1.47 bits per heavy atom. The molecule has 0 radical (unpaired) electrons. The van der Waals surface area contributed by atoms with E-state index >= 15 is 0 Å². The van der Waals surface area contributed by atoms with Gasteiger partial charge < -0.3 is 16.0 Å². The summed E-state index contributed by atoms with van der Waals surface area (Å²) in [7, 11) is 0. The second kappa shape index (κ2) is 5.90. The van der Waals surface area contributed by atoms with Crippen LogP contribution in [0.3, 0.4) is 0 Å². The van der Waals surface area contributed by atoms with Crippen LogP contribution in [0.1, 0.15) is 32.6 Å². The summed E-state index contributed by atoms with van der Waals surface area (Å²) in [5, 5.41) is 2.90. The second-order valence-electron chi connectivity index (χ2n) is 4.07. The predicted molar refractivity (Wildman–Crippen MR) is 64.8 cm³/mol. The number of amides is 2. The van der Waals surface area contributed by atoms with Gasteiger partial charge in [0, 0.05) is 25.6 Å². The Bertz CT molecular complexity index is 239. The SMILES string of the molecule is CC(CC(N)=S)NC(=O)N1CCCCC1. The highest BCUT2D eigenvalue weighted by Gasteiger charge is 2.17. The van der Waals surface area contributed by atoms with Crippen LogP contribution in [0.4, 0.5) is 4.79 Å². The fraction of sp³-hybridized carbons (Fsp3) is 0.800. The Hall–Kier alpha value is -0.840. The monoisotopic (exact) mass is 229 g/mol. The minimum absolute atomic E-state index is 0.0125. The molecule has 0 bridgehead atoms. The van der Waals surface area contributed by atoms with Crippen molar-refractivity contribution in [3.63, 3.8) is 0 Å². The molecule has 15 heavy (non-hydrogen) atoms. The lowest BCUT2D eigenvalue weighted by Crippen LogP contribution is -2.46. The molecule has 0 aliphatic carbocycles. The number of nitrogens with one attached hydrogen (secondary N) is 1. The molecule has 1 atom stereocenters. The molecule has 5 heteroatoms. The van der Waals surface area contributed by atoms with Crippen molar-refractivity contribution in [1.82, 2.24) is 10.2 Å². The van der Waals surface area contributed by atoms with E-state index in [0.717, 1.165) is 25.9 Å². The molecule has 1 aliphatic rings. The van der Waals surface area contributed by atoms with Crippen molar-refractivity contribution >= 4 is 23.2 Å². The molecule has 0 aromatic heterocycles. The van der Waals surface area contributed by atoms with Crippen molar-refractivity contribution in [3.05, 3.63) is 0 Å². The molecule has 0 aromatic carbocycles. The van der Waals surface area contributed by atoms with Crippen LogP contribution in [-0.4, -0.2) is 35.1 Å². The summed E-state index contributed by atoms with van der Waals surface area (Å²) in [6, 6.07) is 0.0374. The topological polar surface area (TPSA) is 58.4 Å². The van der Waals surface area contributed by atoms with Crippen LogP contribution in [-0.2, 0) is 0 Å². The van der Waals surface area contributed by atoms with E-state index in [0.29, 0.717) is 11.4 Å². The second-order valence-corrected chi connectivity index (χ2v) is 4.59. The van der Waals surface area contributed by atoms with Crippen LogP contribution in [0.25, 0.3) is 0 Å². The lowest BCUT2D eigenvalue weighted by molar-refractivity contribution is 0.183.